The van der Waals surface area contributed by atoms with Crippen molar-refractivity contribution in [2.24, 2.45) is 5.92 Å². The van der Waals surface area contributed by atoms with Gasteiger partial charge in [-0.05, 0) is 55.9 Å². The van der Waals surface area contributed by atoms with Gasteiger partial charge in [0.05, 0.1) is 11.7 Å². The molecule has 1 N–H and O–H groups in total. The van der Waals surface area contributed by atoms with Crippen LogP contribution in [0.4, 0.5) is 0 Å². The maximum absolute atomic E-state index is 12.1. The van der Waals surface area contributed by atoms with Gasteiger partial charge in [-0.15, -0.1) is 0 Å². The second kappa shape index (κ2) is 9.74. The minimum atomic E-state index is -0.507. The zero-order valence-electron chi connectivity index (χ0n) is 15.9. The number of amides is 1. The van der Waals surface area contributed by atoms with Crippen LogP contribution in [0.1, 0.15) is 55.8 Å². The summed E-state index contributed by atoms with van der Waals surface area (Å²) in [6.45, 7) is 3.22. The van der Waals surface area contributed by atoms with Crippen molar-refractivity contribution in [2.45, 2.75) is 57.6 Å². The Balaban J connectivity index is 1.40. The van der Waals surface area contributed by atoms with E-state index < -0.39 is 5.97 Å². The van der Waals surface area contributed by atoms with Crippen molar-refractivity contribution >= 4 is 11.9 Å². The van der Waals surface area contributed by atoms with Gasteiger partial charge in [-0.1, -0.05) is 19.8 Å². The topological polar surface area (TPSA) is 73.9 Å². The van der Waals surface area contributed by atoms with Gasteiger partial charge < -0.3 is 19.5 Å². The first-order chi connectivity index (χ1) is 13.1. The first-order valence-electron chi connectivity index (χ1n) is 9.93. The molecule has 3 atom stereocenters. The zero-order valence-corrected chi connectivity index (χ0v) is 15.9. The molecule has 1 aliphatic heterocycles. The third-order valence-corrected chi connectivity index (χ3v) is 5.34. The minimum Gasteiger partial charge on any atom is -0.491 e. The number of esters is 1. The van der Waals surface area contributed by atoms with Crippen LogP contribution in [0.3, 0.4) is 0 Å². The predicted octanol–water partition coefficient (Wildman–Crippen LogP) is 3.10. The van der Waals surface area contributed by atoms with E-state index in [4.69, 9.17) is 14.2 Å². The SMILES string of the molecule is C[C@@H]1CCCC[C@H]1NC(=O)COC(=O)c1ccc(OC[C@@H]2CCCO2)cc1. The van der Waals surface area contributed by atoms with E-state index in [0.29, 0.717) is 23.8 Å². The van der Waals surface area contributed by atoms with Crippen LogP contribution in [0, 0.1) is 5.92 Å². The molecule has 0 unspecified atom stereocenters. The van der Waals surface area contributed by atoms with E-state index in [0.717, 1.165) is 38.7 Å². The molecule has 3 rings (SSSR count). The summed E-state index contributed by atoms with van der Waals surface area (Å²) in [7, 11) is 0. The Morgan fingerprint density at radius 2 is 1.89 bits per heavy atom. The van der Waals surface area contributed by atoms with Crippen LogP contribution in [0.25, 0.3) is 0 Å². The lowest BCUT2D eigenvalue weighted by Gasteiger charge is -2.29. The fourth-order valence-electron chi connectivity index (χ4n) is 3.65. The molecule has 0 bridgehead atoms. The van der Waals surface area contributed by atoms with Gasteiger partial charge in [-0.2, -0.15) is 0 Å². The van der Waals surface area contributed by atoms with Crippen LogP contribution in [0.2, 0.25) is 0 Å². The Hall–Kier alpha value is -2.08. The van der Waals surface area contributed by atoms with Gasteiger partial charge in [0.2, 0.25) is 0 Å². The monoisotopic (exact) mass is 375 g/mol. The number of benzene rings is 1. The van der Waals surface area contributed by atoms with Crippen LogP contribution in [-0.2, 0) is 14.3 Å². The van der Waals surface area contributed by atoms with E-state index >= 15 is 0 Å². The highest BCUT2D eigenvalue weighted by molar-refractivity contribution is 5.91. The standard InChI is InChI=1S/C21H29NO5/c1-15-5-2-3-7-19(15)22-20(23)14-27-21(24)16-8-10-17(11-9-16)26-13-18-6-4-12-25-18/h8-11,15,18-19H,2-7,12-14H2,1H3,(H,22,23)/t15-,18+,19-/m1/s1. The van der Waals surface area contributed by atoms with E-state index in [1.807, 2.05) is 0 Å². The maximum atomic E-state index is 12.1. The molecular formula is C21H29NO5. The Labute approximate surface area is 160 Å². The van der Waals surface area contributed by atoms with Crippen molar-refractivity contribution < 1.29 is 23.8 Å². The second-order valence-corrected chi connectivity index (χ2v) is 7.48. The summed E-state index contributed by atoms with van der Waals surface area (Å²) < 4.78 is 16.3. The summed E-state index contributed by atoms with van der Waals surface area (Å²) in [6, 6.07) is 6.94. The highest BCUT2D eigenvalue weighted by atomic mass is 16.5. The number of ether oxygens (including phenoxy) is 3. The largest absolute Gasteiger partial charge is 0.491 e. The Morgan fingerprint density at radius 3 is 2.59 bits per heavy atom. The van der Waals surface area contributed by atoms with Crippen LogP contribution < -0.4 is 10.1 Å². The van der Waals surface area contributed by atoms with Crippen molar-refractivity contribution in [2.75, 3.05) is 19.8 Å². The number of rotatable bonds is 7. The van der Waals surface area contributed by atoms with Crippen molar-refractivity contribution in [3.05, 3.63) is 29.8 Å². The van der Waals surface area contributed by atoms with Crippen molar-refractivity contribution in [1.82, 2.24) is 5.32 Å². The van der Waals surface area contributed by atoms with Gasteiger partial charge in [0.1, 0.15) is 12.4 Å². The Kier molecular flexibility index (Phi) is 7.10. The first kappa shape index (κ1) is 19.7. The first-order valence-corrected chi connectivity index (χ1v) is 9.93. The normalized spacial score (nSPS) is 25.0. The van der Waals surface area contributed by atoms with Crippen LogP contribution in [0.5, 0.6) is 5.75 Å². The number of hydrogen-bond acceptors (Lipinski definition) is 5. The molecule has 6 heteroatoms. The smallest absolute Gasteiger partial charge is 0.338 e. The molecule has 27 heavy (non-hydrogen) atoms. The summed E-state index contributed by atoms with van der Waals surface area (Å²) in [6.07, 6.45) is 6.73. The van der Waals surface area contributed by atoms with Gasteiger partial charge in [0.15, 0.2) is 6.61 Å². The lowest BCUT2D eigenvalue weighted by atomic mass is 9.86. The summed E-state index contributed by atoms with van der Waals surface area (Å²) in [5.74, 6) is 0.415. The molecule has 0 aromatic heterocycles. The number of hydrogen-bond donors (Lipinski definition) is 1. The van der Waals surface area contributed by atoms with Crippen LogP contribution in [0.15, 0.2) is 24.3 Å². The van der Waals surface area contributed by atoms with Crippen molar-refractivity contribution in [3.63, 3.8) is 0 Å². The fraction of sp³-hybridized carbons (Fsp3) is 0.619. The van der Waals surface area contributed by atoms with E-state index in [-0.39, 0.29) is 24.7 Å². The molecule has 0 spiro atoms. The molecule has 1 heterocycles. The van der Waals surface area contributed by atoms with Crippen molar-refractivity contribution in [1.29, 1.82) is 0 Å². The molecule has 1 saturated carbocycles. The molecule has 2 fully saturated rings. The van der Waals surface area contributed by atoms with E-state index in [1.54, 1.807) is 24.3 Å². The second-order valence-electron chi connectivity index (χ2n) is 7.48. The molecule has 1 amide bonds. The molecule has 6 nitrogen and oxygen atoms in total. The third kappa shape index (κ3) is 5.96. The van der Waals surface area contributed by atoms with Gasteiger partial charge in [0, 0.05) is 12.6 Å². The Morgan fingerprint density at radius 1 is 1.11 bits per heavy atom. The highest BCUT2D eigenvalue weighted by Crippen LogP contribution is 2.23. The fourth-order valence-corrected chi connectivity index (χ4v) is 3.65. The number of carbonyl (C=O) groups excluding carboxylic acids is 2. The number of carbonyl (C=O) groups is 2. The average Bonchev–Trinajstić information content (AvgIpc) is 3.20. The van der Waals surface area contributed by atoms with Crippen LogP contribution in [-0.4, -0.2) is 43.8 Å². The predicted molar refractivity (Wildman–Crippen MR) is 101 cm³/mol. The Bertz CT molecular complexity index is 624. The molecule has 1 aromatic rings. The number of nitrogens with one attached hydrogen (secondary N) is 1. The van der Waals surface area contributed by atoms with Crippen molar-refractivity contribution in [3.8, 4) is 5.75 Å². The summed E-state index contributed by atoms with van der Waals surface area (Å²) in [5, 5.41) is 2.98. The molecular weight excluding hydrogens is 346 g/mol. The van der Waals surface area contributed by atoms with Gasteiger partial charge >= 0.3 is 5.97 Å². The molecule has 1 aromatic carbocycles. The summed E-state index contributed by atoms with van der Waals surface area (Å²) in [5.41, 5.74) is 0.401. The zero-order chi connectivity index (χ0) is 19.1. The molecule has 1 aliphatic carbocycles. The van der Waals surface area contributed by atoms with Gasteiger partial charge in [0.25, 0.3) is 5.91 Å². The third-order valence-electron chi connectivity index (χ3n) is 5.34. The average molecular weight is 375 g/mol. The minimum absolute atomic E-state index is 0.153. The molecule has 0 radical (unpaired) electrons. The lowest BCUT2D eigenvalue weighted by molar-refractivity contribution is -0.125. The highest BCUT2D eigenvalue weighted by Gasteiger charge is 2.23. The van der Waals surface area contributed by atoms with E-state index in [1.165, 1.54) is 6.42 Å². The lowest BCUT2D eigenvalue weighted by Crippen LogP contribution is -2.42. The van der Waals surface area contributed by atoms with E-state index in [9.17, 15) is 9.59 Å². The van der Waals surface area contributed by atoms with Crippen LogP contribution >= 0.6 is 0 Å². The quantitative estimate of drug-likeness (QED) is 0.742. The van der Waals surface area contributed by atoms with Gasteiger partial charge in [-0.3, -0.25) is 4.79 Å². The summed E-state index contributed by atoms with van der Waals surface area (Å²) in [4.78, 5) is 24.2. The van der Waals surface area contributed by atoms with Gasteiger partial charge in [-0.25, -0.2) is 4.79 Å². The summed E-state index contributed by atoms with van der Waals surface area (Å²) >= 11 is 0. The van der Waals surface area contributed by atoms with E-state index in [2.05, 4.69) is 12.2 Å². The molecule has 1 saturated heterocycles. The molecule has 148 valence electrons. The molecule has 2 aliphatic rings. The maximum Gasteiger partial charge on any atom is 0.338 e.